The van der Waals surface area contributed by atoms with Crippen molar-refractivity contribution < 1.29 is 9.84 Å². The SMILES string of the molecule is C=CC1(C)CCc2c(C)c(O)cc(C)c2O1. The highest BCUT2D eigenvalue weighted by Gasteiger charge is 2.30. The smallest absolute Gasteiger partial charge is 0.127 e. The van der Waals surface area contributed by atoms with E-state index in [-0.39, 0.29) is 5.60 Å². The minimum absolute atomic E-state index is 0.277. The maximum absolute atomic E-state index is 9.77. The van der Waals surface area contributed by atoms with Gasteiger partial charge in [0.05, 0.1) is 0 Å². The Kier molecular flexibility index (Phi) is 2.45. The van der Waals surface area contributed by atoms with E-state index in [1.807, 2.05) is 26.8 Å². The van der Waals surface area contributed by atoms with Gasteiger partial charge in [0, 0.05) is 5.56 Å². The summed E-state index contributed by atoms with van der Waals surface area (Å²) in [6.45, 7) is 9.77. The van der Waals surface area contributed by atoms with Crippen LogP contribution < -0.4 is 4.74 Å². The van der Waals surface area contributed by atoms with Gasteiger partial charge < -0.3 is 9.84 Å². The van der Waals surface area contributed by atoms with Crippen molar-refractivity contribution in [1.82, 2.24) is 0 Å². The van der Waals surface area contributed by atoms with Crippen LogP contribution in [-0.2, 0) is 6.42 Å². The van der Waals surface area contributed by atoms with E-state index in [9.17, 15) is 5.11 Å². The molecule has 0 fully saturated rings. The molecule has 2 heteroatoms. The fraction of sp³-hybridized carbons (Fsp3) is 0.429. The molecule has 1 heterocycles. The first kappa shape index (κ1) is 11.1. The standard InChI is InChI=1S/C14H18O2/c1-5-14(4)7-6-11-10(3)12(15)8-9(2)13(11)16-14/h5,8,15H,1,6-7H2,2-4H3. The summed E-state index contributed by atoms with van der Waals surface area (Å²) in [4.78, 5) is 0. The Morgan fingerprint density at radius 3 is 2.81 bits per heavy atom. The van der Waals surface area contributed by atoms with Gasteiger partial charge in [0.1, 0.15) is 17.1 Å². The number of ether oxygens (including phenoxy) is 1. The van der Waals surface area contributed by atoms with Gasteiger partial charge in [-0.2, -0.15) is 0 Å². The minimum atomic E-state index is -0.277. The topological polar surface area (TPSA) is 29.5 Å². The molecule has 1 aliphatic rings. The number of phenolic OH excluding ortho intramolecular Hbond substituents is 1. The molecule has 0 aliphatic carbocycles. The third kappa shape index (κ3) is 1.58. The molecular weight excluding hydrogens is 200 g/mol. The Labute approximate surface area is 96.6 Å². The summed E-state index contributed by atoms with van der Waals surface area (Å²) < 4.78 is 6.01. The first-order valence-corrected chi connectivity index (χ1v) is 5.61. The lowest BCUT2D eigenvalue weighted by atomic mass is 9.89. The van der Waals surface area contributed by atoms with E-state index >= 15 is 0 Å². The summed E-state index contributed by atoms with van der Waals surface area (Å²) in [6.07, 6.45) is 3.70. The second kappa shape index (κ2) is 3.55. The molecule has 86 valence electrons. The molecule has 16 heavy (non-hydrogen) atoms. The van der Waals surface area contributed by atoms with Gasteiger partial charge >= 0.3 is 0 Å². The lowest BCUT2D eigenvalue weighted by Gasteiger charge is -2.35. The number of hydrogen-bond acceptors (Lipinski definition) is 2. The molecule has 1 atom stereocenters. The van der Waals surface area contributed by atoms with Crippen LogP contribution in [0.5, 0.6) is 11.5 Å². The highest BCUT2D eigenvalue weighted by molar-refractivity contribution is 5.53. The van der Waals surface area contributed by atoms with Crippen molar-refractivity contribution in [3.05, 3.63) is 35.4 Å². The van der Waals surface area contributed by atoms with Crippen molar-refractivity contribution in [2.24, 2.45) is 0 Å². The van der Waals surface area contributed by atoms with Crippen molar-refractivity contribution in [3.8, 4) is 11.5 Å². The Bertz CT molecular complexity index is 449. The van der Waals surface area contributed by atoms with Crippen LogP contribution in [0.2, 0.25) is 0 Å². The highest BCUT2D eigenvalue weighted by Crippen LogP contribution is 2.40. The predicted octanol–water partition coefficient (Wildman–Crippen LogP) is 3.28. The number of hydrogen-bond donors (Lipinski definition) is 1. The Morgan fingerprint density at radius 2 is 2.19 bits per heavy atom. The number of fused-ring (bicyclic) bond motifs is 1. The average Bonchev–Trinajstić information content (AvgIpc) is 2.26. The summed E-state index contributed by atoms with van der Waals surface area (Å²) in [5.74, 6) is 1.28. The maximum Gasteiger partial charge on any atom is 0.127 e. The Balaban J connectivity index is 2.55. The molecule has 0 saturated carbocycles. The molecule has 1 unspecified atom stereocenters. The monoisotopic (exact) mass is 218 g/mol. The van der Waals surface area contributed by atoms with E-state index in [0.717, 1.165) is 35.3 Å². The molecule has 2 rings (SSSR count). The van der Waals surface area contributed by atoms with Crippen LogP contribution >= 0.6 is 0 Å². The number of rotatable bonds is 1. The van der Waals surface area contributed by atoms with Crippen molar-refractivity contribution >= 4 is 0 Å². The van der Waals surface area contributed by atoms with E-state index in [1.54, 1.807) is 6.07 Å². The lowest BCUT2D eigenvalue weighted by molar-refractivity contribution is 0.113. The molecular formula is C14H18O2. The van der Waals surface area contributed by atoms with Crippen LogP contribution in [0.1, 0.15) is 30.0 Å². The molecule has 0 amide bonds. The van der Waals surface area contributed by atoms with E-state index in [1.165, 1.54) is 0 Å². The minimum Gasteiger partial charge on any atom is -0.508 e. The molecule has 0 bridgehead atoms. The zero-order chi connectivity index (χ0) is 11.9. The van der Waals surface area contributed by atoms with E-state index in [4.69, 9.17) is 4.74 Å². The van der Waals surface area contributed by atoms with Crippen LogP contribution in [0, 0.1) is 13.8 Å². The van der Waals surface area contributed by atoms with Crippen LogP contribution in [0.3, 0.4) is 0 Å². The third-order valence-electron chi connectivity index (χ3n) is 3.46. The molecule has 0 saturated heterocycles. The molecule has 2 nitrogen and oxygen atoms in total. The normalized spacial score (nSPS) is 23.4. The second-order valence-electron chi connectivity index (χ2n) is 4.76. The first-order chi connectivity index (χ1) is 7.47. The molecule has 1 aromatic carbocycles. The fourth-order valence-corrected chi connectivity index (χ4v) is 2.19. The largest absolute Gasteiger partial charge is 0.508 e. The molecule has 0 radical (unpaired) electrons. The van der Waals surface area contributed by atoms with Gasteiger partial charge in [-0.15, -0.1) is 0 Å². The van der Waals surface area contributed by atoms with Gasteiger partial charge in [-0.1, -0.05) is 6.58 Å². The number of aryl methyl sites for hydroxylation is 1. The van der Waals surface area contributed by atoms with Crippen molar-refractivity contribution in [2.45, 2.75) is 39.2 Å². The molecule has 0 aromatic heterocycles. The summed E-state index contributed by atoms with van der Waals surface area (Å²) in [5, 5.41) is 9.77. The van der Waals surface area contributed by atoms with E-state index < -0.39 is 0 Å². The van der Waals surface area contributed by atoms with Crippen LogP contribution in [0.25, 0.3) is 0 Å². The number of phenols is 1. The highest BCUT2D eigenvalue weighted by atomic mass is 16.5. The fourth-order valence-electron chi connectivity index (χ4n) is 2.19. The lowest BCUT2D eigenvalue weighted by Crippen LogP contribution is -2.34. The van der Waals surface area contributed by atoms with Crippen molar-refractivity contribution in [3.63, 3.8) is 0 Å². The van der Waals surface area contributed by atoms with Gasteiger partial charge in [-0.05, 0) is 56.9 Å². The van der Waals surface area contributed by atoms with Crippen LogP contribution in [-0.4, -0.2) is 10.7 Å². The van der Waals surface area contributed by atoms with Crippen molar-refractivity contribution in [2.75, 3.05) is 0 Å². The van der Waals surface area contributed by atoms with Gasteiger partial charge in [0.25, 0.3) is 0 Å². The van der Waals surface area contributed by atoms with Crippen molar-refractivity contribution in [1.29, 1.82) is 0 Å². The number of benzene rings is 1. The Morgan fingerprint density at radius 1 is 1.50 bits per heavy atom. The first-order valence-electron chi connectivity index (χ1n) is 5.61. The second-order valence-corrected chi connectivity index (χ2v) is 4.76. The summed E-state index contributed by atoms with van der Waals surface area (Å²) in [5.41, 5.74) is 2.79. The third-order valence-corrected chi connectivity index (χ3v) is 3.46. The zero-order valence-corrected chi connectivity index (χ0v) is 10.1. The van der Waals surface area contributed by atoms with E-state index in [2.05, 4.69) is 6.58 Å². The van der Waals surface area contributed by atoms with Gasteiger partial charge in [0.15, 0.2) is 0 Å². The van der Waals surface area contributed by atoms with E-state index in [0.29, 0.717) is 5.75 Å². The van der Waals surface area contributed by atoms with Gasteiger partial charge in [-0.3, -0.25) is 0 Å². The molecule has 1 aliphatic heterocycles. The molecule has 1 N–H and O–H groups in total. The maximum atomic E-state index is 9.77. The molecule has 1 aromatic rings. The predicted molar refractivity (Wildman–Crippen MR) is 65.1 cm³/mol. The quantitative estimate of drug-likeness (QED) is 0.733. The summed E-state index contributed by atoms with van der Waals surface area (Å²) in [7, 11) is 0. The van der Waals surface area contributed by atoms with Crippen LogP contribution in [0.4, 0.5) is 0 Å². The average molecular weight is 218 g/mol. The summed E-state index contributed by atoms with van der Waals surface area (Å²) >= 11 is 0. The summed E-state index contributed by atoms with van der Waals surface area (Å²) in [6, 6.07) is 1.77. The van der Waals surface area contributed by atoms with Gasteiger partial charge in [-0.25, -0.2) is 0 Å². The van der Waals surface area contributed by atoms with Crippen LogP contribution in [0.15, 0.2) is 18.7 Å². The van der Waals surface area contributed by atoms with Gasteiger partial charge in [0.2, 0.25) is 0 Å². The zero-order valence-electron chi connectivity index (χ0n) is 10.1. The molecule has 0 spiro atoms. The number of aromatic hydroxyl groups is 1. The Hall–Kier alpha value is -1.44.